The maximum absolute atomic E-state index is 11.4. The summed E-state index contributed by atoms with van der Waals surface area (Å²) in [5, 5.41) is 20.9. The lowest BCUT2D eigenvalue weighted by molar-refractivity contribution is -0.147. The van der Waals surface area contributed by atoms with Gasteiger partial charge in [-0.05, 0) is 30.2 Å². The first-order valence-corrected chi connectivity index (χ1v) is 6.49. The molecular formula is C12H22N4O2. The molecule has 0 aliphatic rings. The molecule has 0 fully saturated rings. The van der Waals surface area contributed by atoms with Crippen molar-refractivity contribution in [1.82, 2.24) is 20.2 Å². The van der Waals surface area contributed by atoms with Crippen LogP contribution in [0.2, 0.25) is 0 Å². The Morgan fingerprint density at radius 1 is 1.50 bits per heavy atom. The Morgan fingerprint density at radius 2 is 2.17 bits per heavy atom. The van der Waals surface area contributed by atoms with E-state index >= 15 is 0 Å². The third-order valence-corrected chi connectivity index (χ3v) is 3.54. The number of aliphatic carboxylic acids is 1. The van der Waals surface area contributed by atoms with Crippen LogP contribution in [-0.2, 0) is 10.3 Å². The first-order chi connectivity index (χ1) is 8.47. The van der Waals surface area contributed by atoms with Gasteiger partial charge in [0.25, 0.3) is 0 Å². The predicted octanol–water partition coefficient (Wildman–Crippen LogP) is 2.18. The van der Waals surface area contributed by atoms with Gasteiger partial charge in [-0.25, -0.2) is 9.48 Å². The maximum Gasteiger partial charge on any atom is 0.331 e. The molecular weight excluding hydrogens is 232 g/mol. The van der Waals surface area contributed by atoms with Crippen molar-refractivity contribution in [2.75, 3.05) is 0 Å². The Balaban J connectivity index is 3.04. The number of aromatic nitrogens is 4. The maximum atomic E-state index is 11.4. The summed E-state index contributed by atoms with van der Waals surface area (Å²) in [6.07, 6.45) is 3.61. The van der Waals surface area contributed by atoms with Crippen molar-refractivity contribution in [1.29, 1.82) is 0 Å². The zero-order chi connectivity index (χ0) is 13.8. The second kappa shape index (κ2) is 5.93. The van der Waals surface area contributed by atoms with Gasteiger partial charge in [0, 0.05) is 5.92 Å². The van der Waals surface area contributed by atoms with Gasteiger partial charge >= 0.3 is 5.97 Å². The summed E-state index contributed by atoms with van der Waals surface area (Å²) in [5.74, 6) is -0.0679. The molecule has 0 aliphatic heterocycles. The van der Waals surface area contributed by atoms with E-state index in [-0.39, 0.29) is 5.92 Å². The first kappa shape index (κ1) is 14.6. The van der Waals surface area contributed by atoms with Crippen molar-refractivity contribution >= 4 is 5.97 Å². The Labute approximate surface area is 107 Å². The van der Waals surface area contributed by atoms with E-state index in [1.54, 1.807) is 6.92 Å². The summed E-state index contributed by atoms with van der Waals surface area (Å²) in [5.41, 5.74) is -1.07. The van der Waals surface area contributed by atoms with Crippen LogP contribution >= 0.6 is 0 Å². The summed E-state index contributed by atoms with van der Waals surface area (Å²) in [6.45, 7) is 7.65. The van der Waals surface area contributed by atoms with E-state index < -0.39 is 11.5 Å². The lowest BCUT2D eigenvalue weighted by atomic mass is 9.97. The average Bonchev–Trinajstić information content (AvgIpc) is 2.84. The number of hydrogen-bond acceptors (Lipinski definition) is 4. The summed E-state index contributed by atoms with van der Waals surface area (Å²) in [7, 11) is 0. The Morgan fingerprint density at radius 3 is 2.67 bits per heavy atom. The molecule has 0 radical (unpaired) electrons. The number of hydrogen-bond donors (Lipinski definition) is 1. The van der Waals surface area contributed by atoms with Crippen LogP contribution in [0.5, 0.6) is 0 Å². The molecule has 2 unspecified atom stereocenters. The number of carboxylic acid groups (broad SMARTS) is 1. The van der Waals surface area contributed by atoms with Gasteiger partial charge in [0.15, 0.2) is 11.4 Å². The number of rotatable bonds is 7. The lowest BCUT2D eigenvalue weighted by Crippen LogP contribution is -2.40. The van der Waals surface area contributed by atoms with E-state index in [9.17, 15) is 9.90 Å². The van der Waals surface area contributed by atoms with E-state index in [1.807, 2.05) is 13.8 Å². The monoisotopic (exact) mass is 254 g/mol. The molecule has 0 amide bonds. The van der Waals surface area contributed by atoms with Crippen molar-refractivity contribution in [3.63, 3.8) is 0 Å². The molecule has 18 heavy (non-hydrogen) atoms. The Kier molecular flexibility index (Phi) is 4.81. The van der Waals surface area contributed by atoms with Gasteiger partial charge in [-0.15, -0.1) is 5.10 Å². The predicted molar refractivity (Wildman–Crippen MR) is 67.3 cm³/mol. The highest BCUT2D eigenvalue weighted by atomic mass is 16.4. The van der Waals surface area contributed by atoms with Gasteiger partial charge in [0.2, 0.25) is 0 Å². The molecule has 102 valence electrons. The van der Waals surface area contributed by atoms with Gasteiger partial charge in [-0.1, -0.05) is 33.6 Å². The van der Waals surface area contributed by atoms with Crippen molar-refractivity contribution in [3.05, 3.63) is 5.82 Å². The van der Waals surface area contributed by atoms with Gasteiger partial charge in [0.1, 0.15) is 0 Å². The molecule has 1 aromatic rings. The fraction of sp³-hybridized carbons (Fsp3) is 0.833. The van der Waals surface area contributed by atoms with Crippen LogP contribution in [0.3, 0.4) is 0 Å². The molecule has 0 spiro atoms. The zero-order valence-electron chi connectivity index (χ0n) is 11.6. The molecule has 2 atom stereocenters. The summed E-state index contributed by atoms with van der Waals surface area (Å²) >= 11 is 0. The van der Waals surface area contributed by atoms with Crippen LogP contribution in [0, 0.1) is 0 Å². The van der Waals surface area contributed by atoms with E-state index in [4.69, 9.17) is 0 Å². The zero-order valence-corrected chi connectivity index (χ0v) is 11.6. The summed E-state index contributed by atoms with van der Waals surface area (Å²) < 4.78 is 1.47. The van der Waals surface area contributed by atoms with Crippen molar-refractivity contribution in [2.24, 2.45) is 0 Å². The minimum Gasteiger partial charge on any atom is -0.479 e. The molecule has 1 aromatic heterocycles. The van der Waals surface area contributed by atoms with Crippen LogP contribution in [0.4, 0.5) is 0 Å². The van der Waals surface area contributed by atoms with Crippen molar-refractivity contribution < 1.29 is 9.90 Å². The van der Waals surface area contributed by atoms with Crippen LogP contribution in [0.1, 0.15) is 65.1 Å². The van der Waals surface area contributed by atoms with Crippen LogP contribution in [-0.4, -0.2) is 31.3 Å². The SMILES string of the molecule is CCCCC(C)c1nnnn1C(C)(CC)C(=O)O. The molecule has 1 heterocycles. The van der Waals surface area contributed by atoms with E-state index in [0.29, 0.717) is 12.2 Å². The third kappa shape index (κ3) is 2.68. The fourth-order valence-corrected chi connectivity index (χ4v) is 1.88. The second-order valence-electron chi connectivity index (χ2n) is 4.92. The fourth-order valence-electron chi connectivity index (χ4n) is 1.88. The largest absolute Gasteiger partial charge is 0.479 e. The normalized spacial score (nSPS) is 16.2. The first-order valence-electron chi connectivity index (χ1n) is 6.49. The van der Waals surface area contributed by atoms with E-state index in [0.717, 1.165) is 19.3 Å². The van der Waals surface area contributed by atoms with Crippen LogP contribution in [0.25, 0.3) is 0 Å². The summed E-state index contributed by atoms with van der Waals surface area (Å²) in [4.78, 5) is 11.4. The minimum absolute atomic E-state index is 0.171. The molecule has 0 aromatic carbocycles. The highest BCUT2D eigenvalue weighted by Crippen LogP contribution is 2.26. The minimum atomic E-state index is -1.07. The van der Waals surface area contributed by atoms with E-state index in [2.05, 4.69) is 22.4 Å². The smallest absolute Gasteiger partial charge is 0.331 e. The highest BCUT2D eigenvalue weighted by molar-refractivity contribution is 5.76. The number of nitrogens with zero attached hydrogens (tertiary/aromatic N) is 4. The quantitative estimate of drug-likeness (QED) is 0.806. The van der Waals surface area contributed by atoms with Gasteiger partial charge in [-0.2, -0.15) is 0 Å². The molecule has 1 N–H and O–H groups in total. The number of carboxylic acids is 1. The highest BCUT2D eigenvalue weighted by Gasteiger charge is 2.37. The van der Waals surface area contributed by atoms with Gasteiger partial charge in [-0.3, -0.25) is 0 Å². The van der Waals surface area contributed by atoms with Gasteiger partial charge in [0.05, 0.1) is 0 Å². The van der Waals surface area contributed by atoms with Crippen molar-refractivity contribution in [2.45, 2.75) is 64.8 Å². The Hall–Kier alpha value is -1.46. The van der Waals surface area contributed by atoms with Crippen LogP contribution < -0.4 is 0 Å². The van der Waals surface area contributed by atoms with Crippen molar-refractivity contribution in [3.8, 4) is 0 Å². The molecule has 0 bridgehead atoms. The molecule has 0 aliphatic carbocycles. The molecule has 6 nitrogen and oxygen atoms in total. The van der Waals surface area contributed by atoms with Crippen LogP contribution in [0.15, 0.2) is 0 Å². The summed E-state index contributed by atoms with van der Waals surface area (Å²) in [6, 6.07) is 0. The lowest BCUT2D eigenvalue weighted by Gasteiger charge is -2.25. The number of tetrazole rings is 1. The molecule has 1 rings (SSSR count). The second-order valence-corrected chi connectivity index (χ2v) is 4.92. The molecule has 0 saturated heterocycles. The molecule has 6 heteroatoms. The third-order valence-electron chi connectivity index (χ3n) is 3.54. The molecule has 0 saturated carbocycles. The average molecular weight is 254 g/mol. The number of unbranched alkanes of at least 4 members (excludes halogenated alkanes) is 1. The van der Waals surface area contributed by atoms with E-state index in [1.165, 1.54) is 4.68 Å². The standard InChI is InChI=1S/C12H22N4O2/c1-5-7-8-9(3)10-13-14-15-16(10)12(4,6-2)11(17)18/h9H,5-8H2,1-4H3,(H,17,18). The number of carbonyl (C=O) groups is 1. The Bertz CT molecular complexity index is 405. The topological polar surface area (TPSA) is 80.9 Å². The van der Waals surface area contributed by atoms with Gasteiger partial charge < -0.3 is 5.11 Å².